The fourth-order valence-electron chi connectivity index (χ4n) is 4.21. The average molecular weight is 370 g/mol. The highest BCUT2D eigenvalue weighted by Crippen LogP contribution is 2.46. The van der Waals surface area contributed by atoms with Gasteiger partial charge in [0.05, 0.1) is 6.04 Å². The molecule has 3 aliphatic rings. The van der Waals surface area contributed by atoms with E-state index in [0.29, 0.717) is 12.0 Å². The van der Waals surface area contributed by atoms with Crippen molar-refractivity contribution >= 4 is 11.9 Å². The van der Waals surface area contributed by atoms with Gasteiger partial charge in [0.1, 0.15) is 17.9 Å². The number of benzene rings is 1. The summed E-state index contributed by atoms with van der Waals surface area (Å²) in [6, 6.07) is 8.78. The van der Waals surface area contributed by atoms with Crippen molar-refractivity contribution in [2.24, 2.45) is 4.99 Å². The number of para-hydroxylation sites is 1. The number of hydrogen-bond acceptors (Lipinski definition) is 3. The lowest BCUT2D eigenvalue weighted by atomic mass is 9.86. The number of amides is 1. The summed E-state index contributed by atoms with van der Waals surface area (Å²) < 4.78 is 6.44. The molecular weight excluding hydrogens is 340 g/mol. The maximum Gasteiger partial charge on any atom is 0.242 e. The van der Waals surface area contributed by atoms with E-state index < -0.39 is 0 Å². The van der Waals surface area contributed by atoms with Gasteiger partial charge in [0.25, 0.3) is 0 Å². The molecule has 6 heteroatoms. The van der Waals surface area contributed by atoms with Crippen LogP contribution in [-0.2, 0) is 4.79 Å². The molecule has 2 saturated carbocycles. The molecule has 1 atom stereocenters. The van der Waals surface area contributed by atoms with E-state index in [2.05, 4.69) is 39.1 Å². The summed E-state index contributed by atoms with van der Waals surface area (Å²) in [6.07, 6.45) is 7.79. The molecule has 0 aromatic heterocycles. The van der Waals surface area contributed by atoms with Gasteiger partial charge in [0, 0.05) is 24.6 Å². The number of ether oxygens (including phenoxy) is 1. The zero-order chi connectivity index (χ0) is 18.7. The number of hydrogen-bond donors (Lipinski definition) is 3. The molecule has 3 N–H and O–H groups in total. The van der Waals surface area contributed by atoms with Crippen molar-refractivity contribution in [2.45, 2.75) is 69.6 Å². The molecule has 0 radical (unpaired) electrons. The Balaban J connectivity index is 1.49. The van der Waals surface area contributed by atoms with E-state index in [0.717, 1.165) is 44.4 Å². The SMILES string of the molecule is CCNC(=NCC(=O)NC1CC1)NC1CC2(CCCC2)Oc2ccccc21. The zero-order valence-corrected chi connectivity index (χ0v) is 16.1. The minimum atomic E-state index is -0.0628. The quantitative estimate of drug-likeness (QED) is 0.550. The molecule has 0 saturated heterocycles. The Labute approximate surface area is 161 Å². The number of carbonyl (C=O) groups is 1. The van der Waals surface area contributed by atoms with Crippen LogP contribution in [0, 0.1) is 0 Å². The van der Waals surface area contributed by atoms with Crippen molar-refractivity contribution in [3.8, 4) is 5.75 Å². The second-order valence-corrected chi connectivity index (χ2v) is 7.97. The van der Waals surface area contributed by atoms with E-state index in [-0.39, 0.29) is 24.1 Å². The highest BCUT2D eigenvalue weighted by molar-refractivity contribution is 5.85. The van der Waals surface area contributed by atoms with Gasteiger partial charge >= 0.3 is 0 Å². The standard InChI is InChI=1S/C21H30N4O2/c1-2-22-20(23-14-19(26)24-15-9-10-15)25-17-13-21(11-5-6-12-21)27-18-8-4-3-7-16(17)18/h3-4,7-8,15,17H,2,5-6,9-14H2,1H3,(H,24,26)(H2,22,23,25). The molecule has 2 aliphatic carbocycles. The first-order valence-corrected chi connectivity index (χ1v) is 10.3. The van der Waals surface area contributed by atoms with Crippen molar-refractivity contribution in [1.82, 2.24) is 16.0 Å². The maximum atomic E-state index is 12.0. The average Bonchev–Trinajstić information content (AvgIpc) is 3.37. The molecule has 2 fully saturated rings. The number of carbonyl (C=O) groups excluding carboxylic acids is 1. The third kappa shape index (κ3) is 4.37. The van der Waals surface area contributed by atoms with Crippen molar-refractivity contribution < 1.29 is 9.53 Å². The van der Waals surface area contributed by atoms with E-state index in [1.807, 2.05) is 13.0 Å². The van der Waals surface area contributed by atoms with Crippen LogP contribution in [0.5, 0.6) is 5.75 Å². The van der Waals surface area contributed by atoms with Crippen molar-refractivity contribution in [3.05, 3.63) is 29.8 Å². The lowest BCUT2D eigenvalue weighted by Crippen LogP contribution is -2.47. The van der Waals surface area contributed by atoms with Crippen LogP contribution < -0.4 is 20.7 Å². The Bertz CT molecular complexity index is 708. The minimum absolute atomic E-state index is 0.00524. The fraction of sp³-hybridized carbons (Fsp3) is 0.619. The summed E-state index contributed by atoms with van der Waals surface area (Å²) in [7, 11) is 0. The van der Waals surface area contributed by atoms with E-state index in [1.54, 1.807) is 0 Å². The summed E-state index contributed by atoms with van der Waals surface area (Å²) in [5, 5.41) is 9.84. The monoisotopic (exact) mass is 370 g/mol. The second kappa shape index (κ2) is 7.79. The normalized spacial score (nSPS) is 23.4. The van der Waals surface area contributed by atoms with Crippen molar-refractivity contribution in [1.29, 1.82) is 0 Å². The zero-order valence-electron chi connectivity index (χ0n) is 16.1. The van der Waals surface area contributed by atoms with Crippen LogP contribution >= 0.6 is 0 Å². The highest BCUT2D eigenvalue weighted by atomic mass is 16.5. The van der Waals surface area contributed by atoms with Gasteiger partial charge in [-0.2, -0.15) is 0 Å². The summed E-state index contributed by atoms with van der Waals surface area (Å²) >= 11 is 0. The summed E-state index contributed by atoms with van der Waals surface area (Å²) in [5.41, 5.74) is 1.11. The summed E-state index contributed by atoms with van der Waals surface area (Å²) in [6.45, 7) is 2.95. The van der Waals surface area contributed by atoms with Gasteiger partial charge in [0.2, 0.25) is 5.91 Å². The van der Waals surface area contributed by atoms with Gasteiger partial charge in [-0.05, 0) is 51.5 Å². The molecular formula is C21H30N4O2. The third-order valence-electron chi connectivity index (χ3n) is 5.69. The van der Waals surface area contributed by atoms with Crippen LogP contribution in [0.3, 0.4) is 0 Å². The lowest BCUT2D eigenvalue weighted by molar-refractivity contribution is -0.119. The Morgan fingerprint density at radius 1 is 1.22 bits per heavy atom. The van der Waals surface area contributed by atoms with Gasteiger partial charge < -0.3 is 20.7 Å². The number of aliphatic imine (C=N–C) groups is 1. The molecule has 1 aromatic rings. The smallest absolute Gasteiger partial charge is 0.242 e. The van der Waals surface area contributed by atoms with Crippen LogP contribution in [0.2, 0.25) is 0 Å². The van der Waals surface area contributed by atoms with E-state index in [1.165, 1.54) is 18.4 Å². The predicted octanol–water partition coefficient (Wildman–Crippen LogP) is 2.66. The van der Waals surface area contributed by atoms with Crippen LogP contribution in [0.4, 0.5) is 0 Å². The molecule has 1 unspecified atom stereocenters. The fourth-order valence-corrected chi connectivity index (χ4v) is 4.21. The van der Waals surface area contributed by atoms with Crippen LogP contribution in [0.25, 0.3) is 0 Å². The van der Waals surface area contributed by atoms with Gasteiger partial charge in [-0.15, -0.1) is 0 Å². The molecule has 1 spiro atoms. The first-order chi connectivity index (χ1) is 13.2. The first kappa shape index (κ1) is 18.1. The number of nitrogens with one attached hydrogen (secondary N) is 3. The van der Waals surface area contributed by atoms with Gasteiger partial charge in [-0.25, -0.2) is 4.99 Å². The van der Waals surface area contributed by atoms with Gasteiger partial charge in [-0.3, -0.25) is 4.79 Å². The second-order valence-electron chi connectivity index (χ2n) is 7.97. The van der Waals surface area contributed by atoms with Crippen molar-refractivity contribution in [3.63, 3.8) is 0 Å². The summed E-state index contributed by atoms with van der Waals surface area (Å²) in [5.74, 6) is 1.66. The van der Waals surface area contributed by atoms with Crippen LogP contribution in [-0.4, -0.2) is 36.6 Å². The molecule has 1 aliphatic heterocycles. The number of guanidine groups is 1. The van der Waals surface area contributed by atoms with E-state index in [4.69, 9.17) is 4.74 Å². The Morgan fingerprint density at radius 2 is 2.00 bits per heavy atom. The topological polar surface area (TPSA) is 74.8 Å². The molecule has 0 bridgehead atoms. The molecule has 4 rings (SSSR count). The predicted molar refractivity (Wildman–Crippen MR) is 106 cm³/mol. The Morgan fingerprint density at radius 3 is 2.74 bits per heavy atom. The lowest BCUT2D eigenvalue weighted by Gasteiger charge is -2.40. The Kier molecular flexibility index (Phi) is 5.23. The molecule has 27 heavy (non-hydrogen) atoms. The van der Waals surface area contributed by atoms with Crippen LogP contribution in [0.15, 0.2) is 29.3 Å². The molecule has 146 valence electrons. The first-order valence-electron chi connectivity index (χ1n) is 10.3. The Hall–Kier alpha value is -2.24. The summed E-state index contributed by atoms with van der Waals surface area (Å²) in [4.78, 5) is 16.5. The molecule has 1 amide bonds. The van der Waals surface area contributed by atoms with E-state index >= 15 is 0 Å². The highest BCUT2D eigenvalue weighted by Gasteiger charge is 2.43. The molecule has 1 aromatic carbocycles. The molecule has 1 heterocycles. The minimum Gasteiger partial charge on any atom is -0.487 e. The maximum absolute atomic E-state index is 12.0. The number of rotatable bonds is 5. The molecule has 6 nitrogen and oxygen atoms in total. The number of nitrogens with zero attached hydrogens (tertiary/aromatic N) is 1. The number of fused-ring (bicyclic) bond motifs is 1. The van der Waals surface area contributed by atoms with E-state index in [9.17, 15) is 4.79 Å². The van der Waals surface area contributed by atoms with Crippen LogP contribution in [0.1, 0.15) is 63.5 Å². The van der Waals surface area contributed by atoms with Crippen molar-refractivity contribution in [2.75, 3.05) is 13.1 Å². The van der Waals surface area contributed by atoms with Gasteiger partial charge in [0.15, 0.2) is 5.96 Å². The van der Waals surface area contributed by atoms with Gasteiger partial charge in [-0.1, -0.05) is 18.2 Å². The third-order valence-corrected chi connectivity index (χ3v) is 5.69. The largest absolute Gasteiger partial charge is 0.487 e.